The molecule has 0 spiro atoms. The van der Waals surface area contributed by atoms with Gasteiger partial charge in [-0.15, -0.1) is 0 Å². The molecule has 2 unspecified atom stereocenters. The van der Waals surface area contributed by atoms with E-state index in [4.69, 9.17) is 5.11 Å². The molecule has 0 aliphatic carbocycles. The summed E-state index contributed by atoms with van der Waals surface area (Å²) in [6.45, 7) is 3.99. The third kappa shape index (κ3) is 2.79. The lowest BCUT2D eigenvalue weighted by atomic mass is 9.97. The maximum atomic E-state index is 10.7. The number of carboxylic acids is 1. The topological polar surface area (TPSA) is 61.4 Å². The number of rotatable bonds is 5. The van der Waals surface area contributed by atoms with Crippen LogP contribution in [0.4, 0.5) is 0 Å². The van der Waals surface area contributed by atoms with E-state index in [0.29, 0.717) is 5.92 Å². The van der Waals surface area contributed by atoms with Crippen LogP contribution >= 0.6 is 0 Å². The lowest BCUT2D eigenvalue weighted by molar-refractivity contribution is -0.140. The minimum atomic E-state index is -0.814. The lowest BCUT2D eigenvalue weighted by Crippen LogP contribution is -2.52. The Hall–Kier alpha value is -0.610. The fourth-order valence-corrected chi connectivity index (χ4v) is 1.34. The fraction of sp³-hybridized carbons (Fsp3) is 0.875. The average Bonchev–Trinajstić information content (AvgIpc) is 1.98. The summed E-state index contributed by atoms with van der Waals surface area (Å²) < 4.78 is 0. The van der Waals surface area contributed by atoms with Gasteiger partial charge in [-0.05, 0) is 20.0 Å². The summed E-state index contributed by atoms with van der Waals surface area (Å²) in [6, 6.07) is -0.553. The molecule has 0 amide bonds. The summed E-state index contributed by atoms with van der Waals surface area (Å²) in [4.78, 5) is 10.7. The Morgan fingerprint density at radius 1 is 1.25 bits per heavy atom. The van der Waals surface area contributed by atoms with Gasteiger partial charge in [0, 0.05) is 6.04 Å². The monoisotopic (exact) mass is 174 g/mol. The SMILES string of the molecule is CNC(C(=O)O)C(NC)C(C)C. The molecule has 0 saturated carbocycles. The van der Waals surface area contributed by atoms with Gasteiger partial charge in [0.2, 0.25) is 0 Å². The molecule has 0 aromatic rings. The van der Waals surface area contributed by atoms with Crippen molar-refractivity contribution in [3.8, 4) is 0 Å². The summed E-state index contributed by atoms with van der Waals surface area (Å²) in [7, 11) is 3.43. The van der Waals surface area contributed by atoms with E-state index in [9.17, 15) is 4.79 Å². The minimum absolute atomic E-state index is 0.0347. The van der Waals surface area contributed by atoms with Gasteiger partial charge in [0.05, 0.1) is 0 Å². The van der Waals surface area contributed by atoms with Crippen LogP contribution in [0.25, 0.3) is 0 Å². The van der Waals surface area contributed by atoms with Gasteiger partial charge < -0.3 is 15.7 Å². The first-order chi connectivity index (χ1) is 5.54. The second-order valence-electron chi connectivity index (χ2n) is 3.16. The predicted molar refractivity (Wildman–Crippen MR) is 48.2 cm³/mol. The normalized spacial score (nSPS) is 16.1. The van der Waals surface area contributed by atoms with Crippen LogP contribution in [0, 0.1) is 5.92 Å². The Bertz CT molecular complexity index is 148. The van der Waals surface area contributed by atoms with E-state index >= 15 is 0 Å². The molecule has 0 aromatic carbocycles. The zero-order valence-electron chi connectivity index (χ0n) is 8.09. The van der Waals surface area contributed by atoms with Crippen molar-refractivity contribution < 1.29 is 9.90 Å². The van der Waals surface area contributed by atoms with Gasteiger partial charge in [0.15, 0.2) is 0 Å². The fourth-order valence-electron chi connectivity index (χ4n) is 1.34. The van der Waals surface area contributed by atoms with E-state index in [-0.39, 0.29) is 6.04 Å². The minimum Gasteiger partial charge on any atom is -0.480 e. The molecule has 72 valence electrons. The number of hydrogen-bond donors (Lipinski definition) is 3. The van der Waals surface area contributed by atoms with Gasteiger partial charge >= 0.3 is 5.97 Å². The highest BCUT2D eigenvalue weighted by Gasteiger charge is 2.27. The number of carboxylic acid groups (broad SMARTS) is 1. The standard InChI is InChI=1S/C8H18N2O2/c1-5(2)6(9-3)7(10-4)8(11)12/h5-7,9-10H,1-4H3,(H,11,12). The highest BCUT2D eigenvalue weighted by atomic mass is 16.4. The molecule has 0 fully saturated rings. The van der Waals surface area contributed by atoms with E-state index in [1.165, 1.54) is 0 Å². The molecule has 4 heteroatoms. The largest absolute Gasteiger partial charge is 0.480 e. The van der Waals surface area contributed by atoms with E-state index in [1.807, 2.05) is 13.8 Å². The molecule has 0 rings (SSSR count). The number of likely N-dealkylation sites (N-methyl/N-ethyl adjacent to an activating group) is 2. The smallest absolute Gasteiger partial charge is 0.322 e. The van der Waals surface area contributed by atoms with Crippen LogP contribution < -0.4 is 10.6 Å². The summed E-state index contributed by atoms with van der Waals surface area (Å²) >= 11 is 0. The predicted octanol–water partition coefficient (Wildman–Crippen LogP) is -0.0970. The van der Waals surface area contributed by atoms with Crippen molar-refractivity contribution in [1.29, 1.82) is 0 Å². The van der Waals surface area contributed by atoms with E-state index < -0.39 is 12.0 Å². The van der Waals surface area contributed by atoms with Gasteiger partial charge in [-0.25, -0.2) is 0 Å². The zero-order chi connectivity index (χ0) is 9.72. The second-order valence-corrected chi connectivity index (χ2v) is 3.16. The second kappa shape index (κ2) is 5.11. The average molecular weight is 174 g/mol. The Morgan fingerprint density at radius 2 is 1.75 bits per heavy atom. The molecular weight excluding hydrogens is 156 g/mol. The van der Waals surface area contributed by atoms with Crippen LogP contribution in [0.3, 0.4) is 0 Å². The Morgan fingerprint density at radius 3 is 1.83 bits per heavy atom. The van der Waals surface area contributed by atoms with Crippen LogP contribution in [-0.2, 0) is 4.79 Å². The molecule has 2 atom stereocenters. The highest BCUT2D eigenvalue weighted by Crippen LogP contribution is 2.05. The summed E-state index contributed by atoms with van der Waals surface area (Å²) in [6.07, 6.45) is 0. The molecule has 3 N–H and O–H groups in total. The third-order valence-corrected chi connectivity index (χ3v) is 1.99. The highest BCUT2D eigenvalue weighted by molar-refractivity contribution is 5.74. The van der Waals surface area contributed by atoms with Crippen LogP contribution in [-0.4, -0.2) is 37.3 Å². The molecule has 0 saturated heterocycles. The quantitative estimate of drug-likeness (QED) is 0.545. The first-order valence-electron chi connectivity index (χ1n) is 4.12. The van der Waals surface area contributed by atoms with Crippen LogP contribution in [0.15, 0.2) is 0 Å². The number of aliphatic carboxylic acids is 1. The van der Waals surface area contributed by atoms with Crippen molar-refractivity contribution >= 4 is 5.97 Å². The maximum absolute atomic E-state index is 10.7. The lowest BCUT2D eigenvalue weighted by Gasteiger charge is -2.26. The summed E-state index contributed by atoms with van der Waals surface area (Å²) in [5, 5.41) is 14.6. The number of hydrogen-bond acceptors (Lipinski definition) is 3. The molecule has 0 heterocycles. The molecule has 12 heavy (non-hydrogen) atoms. The van der Waals surface area contributed by atoms with Crippen LogP contribution in [0.2, 0.25) is 0 Å². The number of carbonyl (C=O) groups is 1. The third-order valence-electron chi connectivity index (χ3n) is 1.99. The number of nitrogens with one attached hydrogen (secondary N) is 2. The summed E-state index contributed by atoms with van der Waals surface area (Å²) in [5.41, 5.74) is 0. The Labute approximate surface area is 73.3 Å². The molecule has 0 aliphatic heterocycles. The Balaban J connectivity index is 4.33. The molecule has 0 aliphatic rings. The van der Waals surface area contributed by atoms with Crippen molar-refractivity contribution in [2.45, 2.75) is 25.9 Å². The molecular formula is C8H18N2O2. The van der Waals surface area contributed by atoms with Crippen molar-refractivity contribution in [3.05, 3.63) is 0 Å². The van der Waals surface area contributed by atoms with E-state index in [2.05, 4.69) is 10.6 Å². The molecule has 0 aromatic heterocycles. The zero-order valence-corrected chi connectivity index (χ0v) is 8.09. The summed E-state index contributed by atoms with van der Waals surface area (Å²) in [5.74, 6) is -0.519. The van der Waals surface area contributed by atoms with Gasteiger partial charge in [0.1, 0.15) is 6.04 Å². The first-order valence-corrected chi connectivity index (χ1v) is 4.12. The first kappa shape index (κ1) is 11.4. The van der Waals surface area contributed by atoms with Gasteiger partial charge in [-0.1, -0.05) is 13.8 Å². The van der Waals surface area contributed by atoms with Crippen LogP contribution in [0.5, 0.6) is 0 Å². The van der Waals surface area contributed by atoms with Crippen LogP contribution in [0.1, 0.15) is 13.8 Å². The molecule has 0 radical (unpaired) electrons. The molecule has 0 bridgehead atoms. The maximum Gasteiger partial charge on any atom is 0.322 e. The Kier molecular flexibility index (Phi) is 4.85. The van der Waals surface area contributed by atoms with Crippen molar-refractivity contribution in [2.24, 2.45) is 5.92 Å². The van der Waals surface area contributed by atoms with E-state index in [0.717, 1.165) is 0 Å². The van der Waals surface area contributed by atoms with Gasteiger partial charge in [-0.3, -0.25) is 4.79 Å². The van der Waals surface area contributed by atoms with Crippen molar-refractivity contribution in [1.82, 2.24) is 10.6 Å². The van der Waals surface area contributed by atoms with Gasteiger partial charge in [-0.2, -0.15) is 0 Å². The van der Waals surface area contributed by atoms with Crippen molar-refractivity contribution in [2.75, 3.05) is 14.1 Å². The molecule has 4 nitrogen and oxygen atoms in total. The van der Waals surface area contributed by atoms with Crippen molar-refractivity contribution in [3.63, 3.8) is 0 Å². The van der Waals surface area contributed by atoms with E-state index in [1.54, 1.807) is 14.1 Å². The van der Waals surface area contributed by atoms with Gasteiger partial charge in [0.25, 0.3) is 0 Å².